The summed E-state index contributed by atoms with van der Waals surface area (Å²) in [7, 11) is 0. The van der Waals surface area contributed by atoms with Crippen LogP contribution in [0.2, 0.25) is 0 Å². The maximum absolute atomic E-state index is 10.6. The van der Waals surface area contributed by atoms with Crippen LogP contribution < -0.4 is 0 Å². The van der Waals surface area contributed by atoms with E-state index in [1.165, 1.54) is 0 Å². The summed E-state index contributed by atoms with van der Waals surface area (Å²) in [5.74, 6) is 0.277. The van der Waals surface area contributed by atoms with Gasteiger partial charge in [0.15, 0.2) is 0 Å². The molecule has 66 valence electrons. The van der Waals surface area contributed by atoms with E-state index in [4.69, 9.17) is 0 Å². The minimum absolute atomic E-state index is 0.151. The predicted molar refractivity (Wildman–Crippen MR) is 42.5 cm³/mol. The van der Waals surface area contributed by atoms with Crippen LogP contribution in [-0.2, 0) is 25.1 Å². The van der Waals surface area contributed by atoms with Crippen LogP contribution in [-0.4, -0.2) is 9.79 Å². The molecule has 0 aliphatic carbocycles. The number of aromatic hydroxyl groups is 1. The summed E-state index contributed by atoms with van der Waals surface area (Å²) in [4.78, 5) is 10.6. The Labute approximate surface area is 77.8 Å². The molecule has 2 nitrogen and oxygen atoms in total. The number of benzene rings is 1. The van der Waals surface area contributed by atoms with Crippen LogP contribution in [0.25, 0.3) is 0 Å². The fraction of sp³-hybridized carbons (Fsp3) is 0.222. The van der Waals surface area contributed by atoms with Crippen LogP contribution in [0.5, 0.6) is 5.75 Å². The van der Waals surface area contributed by atoms with Gasteiger partial charge in [0, 0.05) is 0 Å². The SMILES string of the molecule is C[C](=O)[Fe][CH2]c1ccccc1O. The second kappa shape index (κ2) is 4.29. The molecule has 0 unspecified atom stereocenters. The first-order valence-corrected chi connectivity index (χ1v) is 4.87. The number of hydrogen-bond donors (Lipinski definition) is 1. The fourth-order valence-corrected chi connectivity index (χ4v) is 1.59. The van der Waals surface area contributed by atoms with Crippen LogP contribution in [0.3, 0.4) is 0 Å². The van der Waals surface area contributed by atoms with Gasteiger partial charge in [0.1, 0.15) is 0 Å². The van der Waals surface area contributed by atoms with Gasteiger partial charge in [-0.15, -0.1) is 0 Å². The fourth-order valence-electron chi connectivity index (χ4n) is 0.772. The van der Waals surface area contributed by atoms with Gasteiger partial charge in [-0.2, -0.15) is 0 Å². The molecule has 0 heterocycles. The molecule has 1 N–H and O–H groups in total. The van der Waals surface area contributed by atoms with Crippen molar-refractivity contribution in [3.63, 3.8) is 0 Å². The molecule has 0 bridgehead atoms. The molecule has 1 aromatic carbocycles. The molecular weight excluding hydrogens is 196 g/mol. The third kappa shape index (κ3) is 2.68. The van der Waals surface area contributed by atoms with E-state index in [-0.39, 0.29) is 10.4 Å². The third-order valence-corrected chi connectivity index (χ3v) is 2.53. The summed E-state index contributed by atoms with van der Waals surface area (Å²) in [6.45, 7) is 1.56. The van der Waals surface area contributed by atoms with E-state index in [1.54, 1.807) is 19.1 Å². The molecule has 0 saturated heterocycles. The molecular formula is C9H10FeO2. The van der Waals surface area contributed by atoms with Crippen molar-refractivity contribution in [3.05, 3.63) is 29.8 Å². The predicted octanol–water partition coefficient (Wildman–Crippen LogP) is 1.52. The van der Waals surface area contributed by atoms with Crippen LogP contribution >= 0.6 is 0 Å². The number of carbonyl (C=O) groups excluding carboxylic acids is 1. The van der Waals surface area contributed by atoms with E-state index in [1.807, 2.05) is 12.1 Å². The second-order valence-electron chi connectivity index (χ2n) is 2.33. The van der Waals surface area contributed by atoms with Gasteiger partial charge in [-0.25, -0.2) is 0 Å². The molecule has 0 aromatic heterocycles. The van der Waals surface area contributed by atoms with Gasteiger partial charge < -0.3 is 0 Å². The van der Waals surface area contributed by atoms with Crippen molar-refractivity contribution in [2.75, 3.05) is 0 Å². The molecule has 1 rings (SSSR count). The number of para-hydroxylation sites is 1. The summed E-state index contributed by atoms with van der Waals surface area (Å²) in [5.41, 5.74) is 0.840. The van der Waals surface area contributed by atoms with Crippen LogP contribution in [0.1, 0.15) is 12.5 Å². The number of phenols is 1. The quantitative estimate of drug-likeness (QED) is 0.761. The molecule has 3 heteroatoms. The number of carbonyl (C=O) groups is 1. The van der Waals surface area contributed by atoms with Crippen molar-refractivity contribution >= 4 is 4.68 Å². The molecule has 0 aliphatic rings. The molecule has 0 fully saturated rings. The normalized spacial score (nSPS) is 10.1. The Kier molecular flexibility index (Phi) is 3.32. The molecule has 0 atom stereocenters. The average Bonchev–Trinajstić information content (AvgIpc) is 2.03. The van der Waals surface area contributed by atoms with Gasteiger partial charge in [0.2, 0.25) is 0 Å². The first-order chi connectivity index (χ1) is 5.70. The van der Waals surface area contributed by atoms with Crippen LogP contribution in [0.4, 0.5) is 0 Å². The van der Waals surface area contributed by atoms with E-state index in [0.29, 0.717) is 20.3 Å². The number of phenolic OH excluding ortho intramolecular Hbond substituents is 1. The molecule has 0 saturated carbocycles. The molecule has 12 heavy (non-hydrogen) atoms. The van der Waals surface area contributed by atoms with E-state index in [2.05, 4.69) is 0 Å². The molecule has 0 radical (unpaired) electrons. The average molecular weight is 206 g/mol. The second-order valence-corrected chi connectivity index (χ2v) is 3.89. The van der Waals surface area contributed by atoms with Crippen molar-refractivity contribution in [1.82, 2.24) is 0 Å². The Morgan fingerprint density at radius 1 is 1.50 bits per heavy atom. The maximum atomic E-state index is 10.6. The molecule has 0 aliphatic heterocycles. The topological polar surface area (TPSA) is 37.3 Å². The van der Waals surface area contributed by atoms with Gasteiger partial charge in [-0.1, -0.05) is 0 Å². The van der Waals surface area contributed by atoms with Crippen molar-refractivity contribution < 1.29 is 24.9 Å². The summed E-state index contributed by atoms with van der Waals surface area (Å²) in [5, 5.41) is 9.94. The van der Waals surface area contributed by atoms with E-state index in [9.17, 15) is 9.90 Å². The number of rotatable bonds is 3. The monoisotopic (exact) mass is 206 g/mol. The van der Waals surface area contributed by atoms with Crippen molar-refractivity contribution in [2.24, 2.45) is 0 Å². The standard InChI is InChI=1S/C7H7O.C2H3O.Fe/c1-6-4-2-3-5-7(6)8;1-2-3;/h2-5,8H,1H2;1H3;. The van der Waals surface area contributed by atoms with Gasteiger partial charge in [-0.05, 0) is 0 Å². The summed E-state index contributed by atoms with van der Waals surface area (Å²) < 4.78 is 0.151. The summed E-state index contributed by atoms with van der Waals surface area (Å²) in [6.07, 6.45) is 0. The Hall–Kier alpha value is -0.791. The Bertz CT molecular complexity index is 284. The van der Waals surface area contributed by atoms with E-state index >= 15 is 0 Å². The van der Waals surface area contributed by atoms with E-state index < -0.39 is 0 Å². The van der Waals surface area contributed by atoms with Crippen molar-refractivity contribution in [1.29, 1.82) is 0 Å². The van der Waals surface area contributed by atoms with Gasteiger partial charge >= 0.3 is 77.4 Å². The zero-order valence-electron chi connectivity index (χ0n) is 6.73. The van der Waals surface area contributed by atoms with Crippen molar-refractivity contribution in [3.8, 4) is 5.75 Å². The first kappa shape index (κ1) is 9.30. The zero-order valence-corrected chi connectivity index (χ0v) is 7.83. The van der Waals surface area contributed by atoms with Crippen LogP contribution in [0.15, 0.2) is 24.3 Å². The molecule has 0 amide bonds. The summed E-state index contributed by atoms with van der Waals surface area (Å²) >= 11 is 0.498. The molecule has 1 aromatic rings. The van der Waals surface area contributed by atoms with Gasteiger partial charge in [0.05, 0.1) is 0 Å². The molecule has 0 spiro atoms. The Balaban J connectivity index is 2.63. The summed E-state index contributed by atoms with van der Waals surface area (Å²) in [6, 6.07) is 7.09. The zero-order chi connectivity index (χ0) is 8.97. The van der Waals surface area contributed by atoms with Gasteiger partial charge in [-0.3, -0.25) is 0 Å². The van der Waals surface area contributed by atoms with Gasteiger partial charge in [0.25, 0.3) is 0 Å². The Morgan fingerprint density at radius 2 is 2.17 bits per heavy atom. The third-order valence-electron chi connectivity index (χ3n) is 1.36. The number of hydrogen-bond acceptors (Lipinski definition) is 2. The first-order valence-electron chi connectivity index (χ1n) is 3.54. The Morgan fingerprint density at radius 3 is 2.75 bits per heavy atom. The van der Waals surface area contributed by atoms with Crippen LogP contribution in [0, 0.1) is 0 Å². The van der Waals surface area contributed by atoms with Crippen molar-refractivity contribution in [2.45, 2.75) is 12.2 Å². The minimum atomic E-state index is 0.151. The van der Waals surface area contributed by atoms with E-state index in [0.717, 1.165) is 5.56 Å².